The molecule has 0 fully saturated rings. The first-order chi connectivity index (χ1) is 5.66. The Balaban J connectivity index is 0. The summed E-state index contributed by atoms with van der Waals surface area (Å²) in [6.07, 6.45) is 0. The molecule has 0 aliphatic rings. The van der Waals surface area contributed by atoms with Gasteiger partial charge in [0.05, 0.1) is 18.5 Å². The summed E-state index contributed by atoms with van der Waals surface area (Å²) in [5, 5.41) is 6.98. The van der Waals surface area contributed by atoms with Crippen LogP contribution in [-0.4, -0.2) is 29.7 Å². The molecule has 5 nitrogen and oxygen atoms in total. The van der Waals surface area contributed by atoms with Gasteiger partial charge in [-0.1, -0.05) is 0 Å². The minimum atomic E-state index is -0.399. The van der Waals surface area contributed by atoms with Gasteiger partial charge in [0.2, 0.25) is 5.90 Å². The first-order valence-electron chi connectivity index (χ1n) is 3.17. The van der Waals surface area contributed by atoms with Gasteiger partial charge in [0.15, 0.2) is 6.61 Å². The zero-order valence-electron chi connectivity index (χ0n) is 6.96. The number of carbonyl (C=O) groups excluding carboxylic acids is 1. The van der Waals surface area contributed by atoms with E-state index in [2.05, 4.69) is 16.6 Å². The van der Waals surface area contributed by atoms with Crippen LogP contribution in [0.3, 0.4) is 0 Å². The van der Waals surface area contributed by atoms with Crippen molar-refractivity contribution in [2.24, 2.45) is 0 Å². The lowest BCUT2D eigenvalue weighted by molar-refractivity contribution is -0.139. The standard InChI is InChI=1S/C6H11NO3.ClHO/c1-3-9-6(7)4-10-5(2)8;1-2/h7H,3-4H2,1-2H3;2H. The van der Waals surface area contributed by atoms with Gasteiger partial charge >= 0.3 is 5.97 Å². The number of hydrogen-bond donors (Lipinski definition) is 2. The Morgan fingerprint density at radius 2 is 2.00 bits per heavy atom. The van der Waals surface area contributed by atoms with Crippen LogP contribution in [0.2, 0.25) is 0 Å². The summed E-state index contributed by atoms with van der Waals surface area (Å²) >= 11 is 3.64. The summed E-state index contributed by atoms with van der Waals surface area (Å²) in [7, 11) is 0. The van der Waals surface area contributed by atoms with Gasteiger partial charge in [0.1, 0.15) is 0 Å². The topological polar surface area (TPSA) is 79.6 Å². The number of hydrogen-bond acceptors (Lipinski definition) is 5. The van der Waals surface area contributed by atoms with Crippen LogP contribution < -0.4 is 0 Å². The van der Waals surface area contributed by atoms with Crippen molar-refractivity contribution >= 4 is 23.7 Å². The number of ether oxygens (including phenoxy) is 2. The van der Waals surface area contributed by atoms with Crippen molar-refractivity contribution in [3.63, 3.8) is 0 Å². The van der Waals surface area contributed by atoms with Gasteiger partial charge in [-0.3, -0.25) is 14.9 Å². The van der Waals surface area contributed by atoms with Gasteiger partial charge < -0.3 is 9.47 Å². The second-order valence-electron chi connectivity index (χ2n) is 1.64. The lowest BCUT2D eigenvalue weighted by Gasteiger charge is -2.03. The molecule has 0 unspecified atom stereocenters. The fourth-order valence-corrected chi connectivity index (χ4v) is 0.383. The molecule has 0 spiro atoms. The Labute approximate surface area is 75.9 Å². The predicted octanol–water partition coefficient (Wildman–Crippen LogP) is 0.696. The molecule has 0 bridgehead atoms. The quantitative estimate of drug-likeness (QED) is 0.397. The second-order valence-corrected chi connectivity index (χ2v) is 1.64. The minimum absolute atomic E-state index is 0.0160. The summed E-state index contributed by atoms with van der Waals surface area (Å²) in [5.74, 6) is -0.415. The summed E-state index contributed by atoms with van der Waals surface area (Å²) in [6, 6.07) is 0. The molecule has 0 amide bonds. The van der Waals surface area contributed by atoms with Gasteiger partial charge in [0, 0.05) is 6.92 Å². The Morgan fingerprint density at radius 1 is 1.50 bits per heavy atom. The molecule has 0 radical (unpaired) electrons. The van der Waals surface area contributed by atoms with Crippen molar-refractivity contribution in [2.45, 2.75) is 13.8 Å². The normalized spacial score (nSPS) is 7.67. The molecule has 0 aromatic heterocycles. The van der Waals surface area contributed by atoms with Gasteiger partial charge in [-0.05, 0) is 6.92 Å². The van der Waals surface area contributed by atoms with E-state index in [0.29, 0.717) is 6.61 Å². The van der Waals surface area contributed by atoms with E-state index in [1.807, 2.05) is 0 Å². The van der Waals surface area contributed by atoms with E-state index >= 15 is 0 Å². The Kier molecular flexibility index (Phi) is 11.7. The van der Waals surface area contributed by atoms with E-state index in [-0.39, 0.29) is 12.5 Å². The summed E-state index contributed by atoms with van der Waals surface area (Å²) < 4.78 is 15.6. The molecule has 72 valence electrons. The Hall–Kier alpha value is -0.810. The fourth-order valence-electron chi connectivity index (χ4n) is 0.383. The largest absolute Gasteiger partial charge is 0.479 e. The number of nitrogens with one attached hydrogen (secondary N) is 1. The highest BCUT2D eigenvalue weighted by molar-refractivity contribution is 6.04. The molecular weight excluding hydrogens is 186 g/mol. The molecule has 0 aliphatic carbocycles. The van der Waals surface area contributed by atoms with E-state index in [1.165, 1.54) is 6.92 Å². The van der Waals surface area contributed by atoms with Crippen molar-refractivity contribution in [1.82, 2.24) is 0 Å². The zero-order chi connectivity index (χ0) is 9.98. The van der Waals surface area contributed by atoms with Crippen LogP contribution in [0, 0.1) is 5.41 Å². The van der Waals surface area contributed by atoms with Crippen molar-refractivity contribution in [1.29, 1.82) is 5.41 Å². The van der Waals surface area contributed by atoms with Crippen LogP contribution in [0.15, 0.2) is 0 Å². The number of carbonyl (C=O) groups is 1. The van der Waals surface area contributed by atoms with Crippen molar-refractivity contribution < 1.29 is 18.9 Å². The van der Waals surface area contributed by atoms with Crippen LogP contribution in [0.5, 0.6) is 0 Å². The van der Waals surface area contributed by atoms with Gasteiger partial charge in [0.25, 0.3) is 0 Å². The van der Waals surface area contributed by atoms with Crippen LogP contribution >= 0.6 is 11.9 Å². The van der Waals surface area contributed by atoms with Crippen LogP contribution in [0.4, 0.5) is 0 Å². The van der Waals surface area contributed by atoms with E-state index < -0.39 is 5.97 Å². The minimum Gasteiger partial charge on any atom is -0.479 e. The maximum absolute atomic E-state index is 10.2. The maximum atomic E-state index is 10.2. The van der Waals surface area contributed by atoms with E-state index in [1.54, 1.807) is 6.92 Å². The van der Waals surface area contributed by atoms with Crippen LogP contribution in [0.25, 0.3) is 0 Å². The third-order valence-electron chi connectivity index (χ3n) is 0.725. The molecule has 0 aliphatic heterocycles. The van der Waals surface area contributed by atoms with E-state index in [9.17, 15) is 4.79 Å². The molecule has 0 aromatic rings. The smallest absolute Gasteiger partial charge is 0.303 e. The Morgan fingerprint density at radius 3 is 2.33 bits per heavy atom. The second kappa shape index (κ2) is 10.2. The van der Waals surface area contributed by atoms with Gasteiger partial charge in [-0.2, -0.15) is 0 Å². The summed E-state index contributed by atoms with van der Waals surface area (Å²) in [5.41, 5.74) is 0. The van der Waals surface area contributed by atoms with E-state index in [4.69, 9.17) is 14.8 Å². The predicted molar refractivity (Wildman–Crippen MR) is 44.1 cm³/mol. The highest BCUT2D eigenvalue weighted by Gasteiger charge is 1.97. The lowest BCUT2D eigenvalue weighted by atomic mass is 10.7. The highest BCUT2D eigenvalue weighted by Crippen LogP contribution is 1.81. The molecule has 2 N–H and O–H groups in total. The van der Waals surface area contributed by atoms with Gasteiger partial charge in [-0.15, -0.1) is 0 Å². The molecule has 6 heteroatoms. The Bertz CT molecular complexity index is 140. The first-order valence-corrected chi connectivity index (χ1v) is 3.51. The molecule has 0 atom stereocenters. The third-order valence-corrected chi connectivity index (χ3v) is 0.725. The molecule has 0 saturated heterocycles. The zero-order valence-corrected chi connectivity index (χ0v) is 7.72. The molecule has 0 rings (SSSR count). The monoisotopic (exact) mass is 197 g/mol. The summed E-state index contributed by atoms with van der Waals surface area (Å²) in [4.78, 5) is 10.2. The van der Waals surface area contributed by atoms with Crippen molar-refractivity contribution in [3.05, 3.63) is 0 Å². The number of halogens is 1. The van der Waals surface area contributed by atoms with Crippen molar-refractivity contribution in [3.8, 4) is 0 Å². The molecule has 0 heterocycles. The molecule has 0 aromatic carbocycles. The molecule has 0 saturated carbocycles. The van der Waals surface area contributed by atoms with Gasteiger partial charge in [-0.25, -0.2) is 0 Å². The van der Waals surface area contributed by atoms with E-state index in [0.717, 1.165) is 0 Å². The lowest BCUT2D eigenvalue weighted by Crippen LogP contribution is -2.13. The maximum Gasteiger partial charge on any atom is 0.303 e. The molecular formula is C6H12ClNO4. The fraction of sp³-hybridized carbons (Fsp3) is 0.667. The number of rotatable bonds is 3. The summed E-state index contributed by atoms with van der Waals surface area (Å²) in [6.45, 7) is 3.42. The van der Waals surface area contributed by atoms with Crippen LogP contribution in [0.1, 0.15) is 13.8 Å². The SMILES string of the molecule is CCOC(=N)COC(C)=O.OCl. The highest BCUT2D eigenvalue weighted by atomic mass is 35.5. The third kappa shape index (κ3) is 11.9. The average molecular weight is 198 g/mol. The number of esters is 1. The van der Waals surface area contributed by atoms with Crippen LogP contribution in [-0.2, 0) is 14.3 Å². The molecule has 12 heavy (non-hydrogen) atoms. The first kappa shape index (κ1) is 13.8. The van der Waals surface area contributed by atoms with Crippen molar-refractivity contribution in [2.75, 3.05) is 13.2 Å². The average Bonchev–Trinajstić information content (AvgIpc) is 2.05.